The zero-order chi connectivity index (χ0) is 38.7. The van der Waals surface area contributed by atoms with E-state index in [1.165, 1.54) is 48.4 Å². The van der Waals surface area contributed by atoms with Crippen LogP contribution in [0.1, 0.15) is 49.6 Å². The number of H-pyrrole nitrogens is 1. The minimum atomic E-state index is -0.416. The van der Waals surface area contributed by atoms with Gasteiger partial charge in [-0.05, 0) is 118 Å². The summed E-state index contributed by atoms with van der Waals surface area (Å²) in [4.78, 5) is 42.9. The third-order valence-electron chi connectivity index (χ3n) is 12.2. The zero-order valence-electron chi connectivity index (χ0n) is 32.2. The molecule has 0 spiro atoms. The average molecular weight is 767 g/mol. The van der Waals surface area contributed by atoms with Crippen LogP contribution in [0.3, 0.4) is 0 Å². The van der Waals surface area contributed by atoms with Crippen molar-refractivity contribution in [2.45, 2.75) is 44.1 Å². The number of anilines is 1. The number of benzene rings is 3. The number of piperidine rings is 2. The van der Waals surface area contributed by atoms with Crippen molar-refractivity contribution in [1.82, 2.24) is 44.0 Å². The average Bonchev–Trinajstić information content (AvgIpc) is 3.87. The van der Waals surface area contributed by atoms with E-state index in [1.54, 1.807) is 6.33 Å². The first kappa shape index (κ1) is 37.0. The Morgan fingerprint density at radius 3 is 2.19 bits per heavy atom. The number of fused-ring (bicyclic) bond motifs is 1. The molecule has 6 aromatic rings. The van der Waals surface area contributed by atoms with Crippen LogP contribution in [0.4, 0.5) is 5.82 Å². The summed E-state index contributed by atoms with van der Waals surface area (Å²) >= 11 is 0. The van der Waals surface area contributed by atoms with Crippen LogP contribution in [-0.4, -0.2) is 103 Å². The number of nitrogen functional groups attached to an aromatic ring is 1. The number of nitrogens with one attached hydrogen (secondary N) is 1. The Kier molecular flexibility index (Phi) is 10.7. The monoisotopic (exact) mass is 766 g/mol. The Morgan fingerprint density at radius 2 is 1.44 bits per heavy atom. The molecule has 0 bridgehead atoms. The van der Waals surface area contributed by atoms with E-state index in [0.717, 1.165) is 110 Å². The molecule has 3 N–H and O–H groups in total. The van der Waals surface area contributed by atoms with Crippen LogP contribution in [0.2, 0.25) is 0 Å². The van der Waals surface area contributed by atoms with E-state index in [4.69, 9.17) is 15.6 Å². The van der Waals surface area contributed by atoms with Crippen LogP contribution in [0.15, 0.2) is 107 Å². The zero-order valence-corrected chi connectivity index (χ0v) is 32.2. The quantitative estimate of drug-likeness (QED) is 0.173. The van der Waals surface area contributed by atoms with E-state index in [0.29, 0.717) is 11.7 Å². The molecule has 1 atom stereocenters. The predicted octanol–water partition coefficient (Wildman–Crippen LogP) is 5.55. The summed E-state index contributed by atoms with van der Waals surface area (Å²) in [6.07, 6.45) is 8.68. The fourth-order valence-electron chi connectivity index (χ4n) is 9.03. The molecule has 13 heteroatoms. The lowest BCUT2D eigenvalue weighted by atomic mass is 9.89. The molecule has 3 aromatic carbocycles. The Balaban J connectivity index is 0.733. The summed E-state index contributed by atoms with van der Waals surface area (Å²) in [7, 11) is 0. The highest BCUT2D eigenvalue weighted by Gasteiger charge is 2.29. The van der Waals surface area contributed by atoms with Gasteiger partial charge >= 0.3 is 5.69 Å². The summed E-state index contributed by atoms with van der Waals surface area (Å²) in [6, 6.07) is 27.6. The van der Waals surface area contributed by atoms with Crippen molar-refractivity contribution in [1.29, 1.82) is 0 Å². The van der Waals surface area contributed by atoms with Gasteiger partial charge in [-0.1, -0.05) is 30.3 Å². The fraction of sp³-hybridized carbons (Fsp3) is 0.386. The van der Waals surface area contributed by atoms with Crippen molar-refractivity contribution in [3.05, 3.63) is 124 Å². The molecular formula is C44H50N10O3. The lowest BCUT2D eigenvalue weighted by Gasteiger charge is -2.34. The van der Waals surface area contributed by atoms with E-state index < -0.39 is 5.69 Å². The lowest BCUT2D eigenvalue weighted by molar-refractivity contribution is 0.156. The molecule has 13 nitrogen and oxygen atoms in total. The second-order valence-electron chi connectivity index (χ2n) is 15.9. The standard InChI is InChI=1S/C44H50N10O3/c45-42-40-41(34-8-12-38(13-9-34)57-37-4-2-1-3-5-37)49-54(43(40)47-30-46-42)36-17-23-50(24-18-36)26-27-52-20-14-31(29-52)28-51-21-15-33(16-22-51)32-6-10-35(11-7-32)53-25-19-39(55)48-44(53)56/h1-13,19,25,30-31,33,36H,14-18,20-24,26-29H2,(H2,45,46,47)(H,48,55,56). The SMILES string of the molecule is Nc1ncnc2c1c(-c1ccc(Oc3ccccc3)cc1)nn2C1CCN(CCN2CCC(CN3CCC(c4ccc(-n5ccc(=O)[nH]c5=O)cc4)CC3)C2)CC1. The molecule has 1 unspecified atom stereocenters. The maximum atomic E-state index is 12.2. The number of hydrogen-bond donors (Lipinski definition) is 2. The Hall–Kier alpha value is -5.63. The van der Waals surface area contributed by atoms with Crippen LogP contribution >= 0.6 is 0 Å². The van der Waals surface area contributed by atoms with Gasteiger partial charge < -0.3 is 25.2 Å². The Bertz CT molecular complexity index is 2390. The molecule has 57 heavy (non-hydrogen) atoms. The summed E-state index contributed by atoms with van der Waals surface area (Å²) in [6.45, 7) is 10.1. The predicted molar refractivity (Wildman–Crippen MR) is 222 cm³/mol. The molecule has 3 aliphatic rings. The first-order chi connectivity index (χ1) is 27.9. The van der Waals surface area contributed by atoms with E-state index in [9.17, 15) is 9.59 Å². The van der Waals surface area contributed by atoms with Crippen molar-refractivity contribution < 1.29 is 4.74 Å². The first-order valence-electron chi connectivity index (χ1n) is 20.3. The number of aromatic amines is 1. The van der Waals surface area contributed by atoms with Gasteiger partial charge in [-0.2, -0.15) is 5.10 Å². The maximum absolute atomic E-state index is 12.2. The largest absolute Gasteiger partial charge is 0.457 e. The molecule has 0 aliphatic carbocycles. The molecule has 3 aliphatic heterocycles. The van der Waals surface area contributed by atoms with Gasteiger partial charge in [0, 0.05) is 57.1 Å². The highest BCUT2D eigenvalue weighted by atomic mass is 16.5. The first-order valence-corrected chi connectivity index (χ1v) is 20.3. The van der Waals surface area contributed by atoms with Gasteiger partial charge in [-0.3, -0.25) is 14.3 Å². The number of nitrogens with two attached hydrogens (primary N) is 1. The van der Waals surface area contributed by atoms with Gasteiger partial charge in [0.05, 0.1) is 17.1 Å². The molecule has 0 saturated carbocycles. The molecule has 6 heterocycles. The van der Waals surface area contributed by atoms with Gasteiger partial charge in [0.1, 0.15) is 29.3 Å². The van der Waals surface area contributed by atoms with Crippen molar-refractivity contribution >= 4 is 16.9 Å². The smallest absolute Gasteiger partial charge is 0.332 e. The molecule has 0 amide bonds. The maximum Gasteiger partial charge on any atom is 0.332 e. The molecular weight excluding hydrogens is 717 g/mol. The van der Waals surface area contributed by atoms with Crippen molar-refractivity contribution in [2.24, 2.45) is 5.92 Å². The van der Waals surface area contributed by atoms with E-state index >= 15 is 0 Å². The van der Waals surface area contributed by atoms with Crippen LogP contribution < -0.4 is 21.7 Å². The molecule has 3 fully saturated rings. The minimum absolute atomic E-state index is 0.250. The fourth-order valence-corrected chi connectivity index (χ4v) is 9.03. The highest BCUT2D eigenvalue weighted by Crippen LogP contribution is 2.35. The molecule has 3 aromatic heterocycles. The molecule has 294 valence electrons. The second kappa shape index (κ2) is 16.5. The number of rotatable bonds is 11. The Labute approximate surface area is 331 Å². The summed E-state index contributed by atoms with van der Waals surface area (Å²) in [5.74, 6) is 3.27. The van der Waals surface area contributed by atoms with Crippen molar-refractivity contribution in [3.8, 4) is 28.4 Å². The summed E-state index contributed by atoms with van der Waals surface area (Å²) in [5.41, 5.74) is 10.3. The molecule has 3 saturated heterocycles. The third kappa shape index (κ3) is 8.27. The van der Waals surface area contributed by atoms with Crippen LogP contribution in [0, 0.1) is 5.92 Å². The van der Waals surface area contributed by atoms with Crippen LogP contribution in [0.5, 0.6) is 11.5 Å². The summed E-state index contributed by atoms with van der Waals surface area (Å²) in [5, 5.41) is 5.93. The van der Waals surface area contributed by atoms with Crippen molar-refractivity contribution in [2.75, 3.05) is 64.6 Å². The molecule has 9 rings (SSSR count). The van der Waals surface area contributed by atoms with Crippen LogP contribution in [-0.2, 0) is 0 Å². The minimum Gasteiger partial charge on any atom is -0.457 e. The Morgan fingerprint density at radius 1 is 0.737 bits per heavy atom. The highest BCUT2D eigenvalue weighted by molar-refractivity contribution is 5.98. The number of hydrogen-bond acceptors (Lipinski definition) is 10. The van der Waals surface area contributed by atoms with Gasteiger partial charge in [0.15, 0.2) is 5.65 Å². The number of para-hydroxylation sites is 1. The number of aromatic nitrogens is 6. The van der Waals surface area contributed by atoms with E-state index in [1.807, 2.05) is 66.7 Å². The third-order valence-corrected chi connectivity index (χ3v) is 12.2. The number of likely N-dealkylation sites (tertiary alicyclic amines) is 3. The summed E-state index contributed by atoms with van der Waals surface area (Å²) < 4.78 is 9.58. The topological polar surface area (TPSA) is 143 Å². The van der Waals surface area contributed by atoms with Crippen LogP contribution in [0.25, 0.3) is 28.0 Å². The van der Waals surface area contributed by atoms with Gasteiger partial charge in [-0.15, -0.1) is 0 Å². The van der Waals surface area contributed by atoms with E-state index in [2.05, 4.69) is 46.5 Å². The van der Waals surface area contributed by atoms with Gasteiger partial charge in [0.25, 0.3) is 5.56 Å². The normalized spacial score (nSPS) is 19.1. The second-order valence-corrected chi connectivity index (χ2v) is 15.9. The molecule has 0 radical (unpaired) electrons. The number of nitrogens with zero attached hydrogens (tertiary/aromatic N) is 8. The van der Waals surface area contributed by atoms with Gasteiger partial charge in [-0.25, -0.2) is 19.4 Å². The van der Waals surface area contributed by atoms with Crippen molar-refractivity contribution in [3.63, 3.8) is 0 Å². The number of ether oxygens (including phenoxy) is 1. The lowest BCUT2D eigenvalue weighted by Crippen LogP contribution is -2.40. The van der Waals surface area contributed by atoms with E-state index in [-0.39, 0.29) is 11.6 Å². The van der Waals surface area contributed by atoms with Gasteiger partial charge in [0.2, 0.25) is 0 Å².